The molecule has 1 aliphatic heterocycles. The van der Waals surface area contributed by atoms with Gasteiger partial charge in [0.2, 0.25) is 5.95 Å². The van der Waals surface area contributed by atoms with E-state index in [4.69, 9.17) is 15.0 Å². The number of benzene rings is 2. The van der Waals surface area contributed by atoms with Crippen molar-refractivity contribution in [1.29, 1.82) is 5.26 Å². The molecule has 5 rings (SSSR count). The molecule has 0 saturated carbocycles. The third-order valence-corrected chi connectivity index (χ3v) is 6.07. The second kappa shape index (κ2) is 8.49. The van der Waals surface area contributed by atoms with Gasteiger partial charge >= 0.3 is 0 Å². The molecule has 2 aromatic heterocycles. The van der Waals surface area contributed by atoms with E-state index in [2.05, 4.69) is 45.4 Å². The lowest BCUT2D eigenvalue weighted by Gasteiger charge is -2.26. The van der Waals surface area contributed by atoms with Crippen LogP contribution in [-0.2, 0) is 13.0 Å². The Hall–Kier alpha value is -4.02. The van der Waals surface area contributed by atoms with Crippen LogP contribution in [0.5, 0.6) is 5.75 Å². The van der Waals surface area contributed by atoms with Crippen LogP contribution in [0.1, 0.15) is 22.4 Å². The minimum atomic E-state index is 0.443. The smallest absolute Gasteiger partial charge is 0.227 e. The fourth-order valence-electron chi connectivity index (χ4n) is 4.23. The fraction of sp³-hybridized carbons (Fsp3) is 0.231. The van der Waals surface area contributed by atoms with Crippen molar-refractivity contribution in [3.8, 4) is 22.9 Å². The summed E-state index contributed by atoms with van der Waals surface area (Å²) in [7, 11) is 3.82. The number of rotatable bonds is 4. The highest BCUT2D eigenvalue weighted by Gasteiger charge is 2.17. The van der Waals surface area contributed by atoms with Crippen molar-refractivity contribution in [2.24, 2.45) is 0 Å². The van der Waals surface area contributed by atoms with Crippen molar-refractivity contribution in [3.05, 3.63) is 71.2 Å². The van der Waals surface area contributed by atoms with E-state index >= 15 is 0 Å². The van der Waals surface area contributed by atoms with E-state index in [1.807, 2.05) is 37.4 Å². The van der Waals surface area contributed by atoms with Gasteiger partial charge in [-0.3, -0.25) is 0 Å². The SMILES string of the molecule is COc1cc2c(cc1Nc1ncc3ccc(-c4cnc(C#N)c(C)c4)cc3n1)CN(C)CC2. The number of pyridine rings is 1. The van der Waals surface area contributed by atoms with E-state index < -0.39 is 0 Å². The number of fused-ring (bicyclic) bond motifs is 2. The maximum atomic E-state index is 9.14. The number of anilines is 2. The first-order chi connectivity index (χ1) is 16.0. The third kappa shape index (κ3) is 4.09. The molecule has 2 aromatic carbocycles. The Kier molecular flexibility index (Phi) is 5.37. The molecule has 0 fully saturated rings. The zero-order valence-corrected chi connectivity index (χ0v) is 18.9. The lowest BCUT2D eigenvalue weighted by molar-refractivity contribution is 0.312. The molecule has 0 unspecified atom stereocenters. The Balaban J connectivity index is 1.49. The van der Waals surface area contributed by atoms with Crippen LogP contribution in [0.15, 0.2) is 48.8 Å². The minimum Gasteiger partial charge on any atom is -0.495 e. The fourth-order valence-corrected chi connectivity index (χ4v) is 4.23. The molecule has 1 N–H and O–H groups in total. The summed E-state index contributed by atoms with van der Waals surface area (Å²) in [5.74, 6) is 1.30. The number of likely N-dealkylation sites (N-methyl/N-ethyl adjacent to an activating group) is 1. The van der Waals surface area contributed by atoms with E-state index in [9.17, 15) is 0 Å². The Bertz CT molecular complexity index is 1410. The van der Waals surface area contributed by atoms with Crippen LogP contribution in [0.25, 0.3) is 22.0 Å². The second-order valence-electron chi connectivity index (χ2n) is 8.40. The molecular weight excluding hydrogens is 412 g/mol. The Morgan fingerprint density at radius 3 is 2.73 bits per heavy atom. The normalized spacial score (nSPS) is 13.4. The molecule has 0 saturated heterocycles. The monoisotopic (exact) mass is 436 g/mol. The van der Waals surface area contributed by atoms with E-state index in [1.54, 1.807) is 13.3 Å². The quantitative estimate of drug-likeness (QED) is 0.500. The molecule has 7 heteroatoms. The maximum absolute atomic E-state index is 9.14. The van der Waals surface area contributed by atoms with Crippen molar-refractivity contribution in [3.63, 3.8) is 0 Å². The summed E-state index contributed by atoms with van der Waals surface area (Å²) in [4.78, 5) is 15.8. The predicted octanol–water partition coefficient (Wildman–Crippen LogP) is 4.61. The van der Waals surface area contributed by atoms with Crippen molar-refractivity contribution < 1.29 is 4.74 Å². The summed E-state index contributed by atoms with van der Waals surface area (Å²) < 4.78 is 5.64. The summed E-state index contributed by atoms with van der Waals surface area (Å²) in [5.41, 5.74) is 7.52. The predicted molar refractivity (Wildman–Crippen MR) is 129 cm³/mol. The number of hydrogen-bond donors (Lipinski definition) is 1. The van der Waals surface area contributed by atoms with Crippen LogP contribution in [-0.4, -0.2) is 40.6 Å². The molecule has 0 bridgehead atoms. The van der Waals surface area contributed by atoms with Crippen LogP contribution in [0.2, 0.25) is 0 Å². The standard InChI is InChI=1S/C26H24N6O/c1-16-8-20(14-28-24(16)12-27)17-4-5-19-13-29-26(30-22(19)9-17)31-23-10-21-15-32(2)7-6-18(21)11-25(23)33-3/h4-5,8-11,13-14H,6-7,15H2,1-3H3,(H,29,30,31). The Labute approximate surface area is 192 Å². The van der Waals surface area contributed by atoms with Crippen LogP contribution in [0.4, 0.5) is 11.6 Å². The van der Waals surface area contributed by atoms with Crippen molar-refractivity contribution >= 4 is 22.5 Å². The van der Waals surface area contributed by atoms with E-state index in [0.29, 0.717) is 11.6 Å². The summed E-state index contributed by atoms with van der Waals surface area (Å²) in [6.45, 7) is 3.85. The molecule has 4 aromatic rings. The number of methoxy groups -OCH3 is 1. The van der Waals surface area contributed by atoms with E-state index in [1.165, 1.54) is 11.1 Å². The highest BCUT2D eigenvalue weighted by molar-refractivity contribution is 5.85. The molecule has 164 valence electrons. The molecule has 0 aliphatic carbocycles. The van der Waals surface area contributed by atoms with Gasteiger partial charge in [0.05, 0.1) is 18.3 Å². The van der Waals surface area contributed by atoms with Gasteiger partial charge in [-0.25, -0.2) is 15.0 Å². The molecule has 1 aliphatic rings. The van der Waals surface area contributed by atoms with Crippen LogP contribution < -0.4 is 10.1 Å². The third-order valence-electron chi connectivity index (χ3n) is 6.07. The molecule has 7 nitrogen and oxygen atoms in total. The molecule has 33 heavy (non-hydrogen) atoms. The van der Waals surface area contributed by atoms with Gasteiger partial charge in [-0.15, -0.1) is 0 Å². The summed E-state index contributed by atoms with van der Waals surface area (Å²) in [5, 5.41) is 13.4. The molecule has 3 heterocycles. The Morgan fingerprint density at radius 2 is 1.94 bits per heavy atom. The van der Waals surface area contributed by atoms with E-state index in [0.717, 1.165) is 58.5 Å². The number of nitrogens with zero attached hydrogens (tertiary/aromatic N) is 5. The zero-order chi connectivity index (χ0) is 22.9. The number of hydrogen-bond acceptors (Lipinski definition) is 7. The lowest BCUT2D eigenvalue weighted by Crippen LogP contribution is -2.26. The zero-order valence-electron chi connectivity index (χ0n) is 18.9. The van der Waals surface area contributed by atoms with Gasteiger partial charge in [0.25, 0.3) is 0 Å². The molecule has 0 spiro atoms. The summed E-state index contributed by atoms with van der Waals surface area (Å²) in [6, 6.07) is 14.4. The number of aryl methyl sites for hydroxylation is 1. The van der Waals surface area contributed by atoms with Crippen molar-refractivity contribution in [2.45, 2.75) is 19.9 Å². The average Bonchev–Trinajstić information content (AvgIpc) is 2.83. The highest BCUT2D eigenvalue weighted by atomic mass is 16.5. The first kappa shape index (κ1) is 20.9. The maximum Gasteiger partial charge on any atom is 0.227 e. The van der Waals surface area contributed by atoms with Crippen molar-refractivity contribution in [2.75, 3.05) is 26.0 Å². The van der Waals surface area contributed by atoms with E-state index in [-0.39, 0.29) is 0 Å². The van der Waals surface area contributed by atoms with Crippen molar-refractivity contribution in [1.82, 2.24) is 19.9 Å². The van der Waals surface area contributed by atoms with Gasteiger partial charge in [-0.2, -0.15) is 5.26 Å². The lowest BCUT2D eigenvalue weighted by atomic mass is 9.99. The molecule has 0 amide bonds. The van der Waals surface area contributed by atoms with Gasteiger partial charge in [0.1, 0.15) is 17.5 Å². The average molecular weight is 437 g/mol. The number of nitriles is 1. The molecular formula is C26H24N6O. The highest BCUT2D eigenvalue weighted by Crippen LogP contribution is 2.33. The topological polar surface area (TPSA) is 87.0 Å². The van der Waals surface area contributed by atoms with Crippen LogP contribution in [0.3, 0.4) is 0 Å². The number of ether oxygens (including phenoxy) is 1. The summed E-state index contributed by atoms with van der Waals surface area (Å²) in [6.07, 6.45) is 4.55. The number of nitrogens with one attached hydrogen (secondary N) is 1. The molecule has 0 radical (unpaired) electrons. The largest absolute Gasteiger partial charge is 0.495 e. The molecule has 0 atom stereocenters. The van der Waals surface area contributed by atoms with Crippen LogP contribution >= 0.6 is 0 Å². The first-order valence-corrected chi connectivity index (χ1v) is 10.8. The van der Waals surface area contributed by atoms with Gasteiger partial charge in [-0.1, -0.05) is 12.1 Å². The van der Waals surface area contributed by atoms with Gasteiger partial charge in [0, 0.05) is 36.4 Å². The first-order valence-electron chi connectivity index (χ1n) is 10.8. The number of aromatic nitrogens is 3. The minimum absolute atomic E-state index is 0.443. The second-order valence-corrected chi connectivity index (χ2v) is 8.40. The van der Waals surface area contributed by atoms with Gasteiger partial charge in [-0.05, 0) is 66.9 Å². The summed E-state index contributed by atoms with van der Waals surface area (Å²) >= 11 is 0. The van der Waals surface area contributed by atoms with Gasteiger partial charge < -0.3 is 15.0 Å². The van der Waals surface area contributed by atoms with Crippen LogP contribution in [0, 0.1) is 18.3 Å². The van der Waals surface area contributed by atoms with Gasteiger partial charge in [0.15, 0.2) is 0 Å². The Morgan fingerprint density at radius 1 is 1.06 bits per heavy atom.